The molecule has 0 bridgehead atoms. The van der Waals surface area contributed by atoms with Gasteiger partial charge in [-0.3, -0.25) is 9.59 Å². The van der Waals surface area contributed by atoms with E-state index in [1.165, 1.54) is 0 Å². The Kier molecular flexibility index (Phi) is 12.5. The van der Waals surface area contributed by atoms with E-state index in [0.717, 1.165) is 70.2 Å². The number of hydrogen-bond acceptors (Lipinski definition) is 6. The third-order valence-corrected chi connectivity index (χ3v) is 8.32. The van der Waals surface area contributed by atoms with E-state index in [2.05, 4.69) is 41.5 Å². The number of carbonyl (C=O) groups excluding carboxylic acids is 2. The number of benzene rings is 2. The fourth-order valence-electron chi connectivity index (χ4n) is 5.15. The molecule has 0 aliphatic rings. The van der Waals surface area contributed by atoms with Crippen molar-refractivity contribution in [2.45, 2.75) is 131 Å². The summed E-state index contributed by atoms with van der Waals surface area (Å²) in [6, 6.07) is 4.05. The molecule has 0 aliphatic carbocycles. The minimum absolute atomic E-state index is 0.182. The molecule has 0 amide bonds. The number of carbonyl (C=O) groups is 2. The van der Waals surface area contributed by atoms with Crippen LogP contribution >= 0.6 is 0 Å². The number of esters is 2. The highest BCUT2D eigenvalue weighted by molar-refractivity contribution is 5.70. The molecule has 0 radical (unpaired) electrons. The molecule has 0 unspecified atom stereocenters. The average Bonchev–Trinajstić information content (AvgIpc) is 2.89. The standard InChI is InChI=1S/C36H54O6/c1-23-25(3)33(39)29(35(5,6)7)21-27(23)15-17-31(37)41-19-13-11-12-14-20-42-32(38)18-16-28-22-30(36(8,9)10)34(40)26(4)24(28)2/h21-22,39-40H,11-20H2,1-10H3. The molecule has 6 heteroatoms. The Morgan fingerprint density at radius 3 is 1.24 bits per heavy atom. The van der Waals surface area contributed by atoms with E-state index in [9.17, 15) is 19.8 Å². The molecule has 0 saturated heterocycles. The second-order valence-corrected chi connectivity index (χ2v) is 13.7. The van der Waals surface area contributed by atoms with Crippen molar-refractivity contribution >= 4 is 11.9 Å². The highest BCUT2D eigenvalue weighted by atomic mass is 16.5. The quantitative estimate of drug-likeness (QED) is 0.183. The maximum atomic E-state index is 12.3. The lowest BCUT2D eigenvalue weighted by Gasteiger charge is -2.24. The van der Waals surface area contributed by atoms with Gasteiger partial charge in [0.1, 0.15) is 11.5 Å². The molecule has 0 heterocycles. The van der Waals surface area contributed by atoms with Gasteiger partial charge in [0.25, 0.3) is 0 Å². The first-order valence-corrected chi connectivity index (χ1v) is 15.4. The van der Waals surface area contributed by atoms with E-state index in [4.69, 9.17) is 9.47 Å². The fraction of sp³-hybridized carbons (Fsp3) is 0.611. The average molecular weight is 583 g/mol. The Morgan fingerprint density at radius 1 is 0.595 bits per heavy atom. The summed E-state index contributed by atoms with van der Waals surface area (Å²) in [5, 5.41) is 21.1. The molecule has 42 heavy (non-hydrogen) atoms. The van der Waals surface area contributed by atoms with Crippen LogP contribution in [0.25, 0.3) is 0 Å². The minimum atomic E-state index is -0.208. The Labute approximate surface area is 253 Å². The van der Waals surface area contributed by atoms with Crippen molar-refractivity contribution in [3.8, 4) is 11.5 Å². The van der Waals surface area contributed by atoms with Crippen molar-refractivity contribution in [1.82, 2.24) is 0 Å². The lowest BCUT2D eigenvalue weighted by Crippen LogP contribution is -2.14. The summed E-state index contributed by atoms with van der Waals surface area (Å²) in [5.41, 5.74) is 7.37. The molecule has 0 saturated carbocycles. The van der Waals surface area contributed by atoms with E-state index in [1.54, 1.807) is 0 Å². The van der Waals surface area contributed by atoms with Crippen LogP contribution in [0.2, 0.25) is 0 Å². The first-order chi connectivity index (χ1) is 19.4. The van der Waals surface area contributed by atoms with Crippen LogP contribution in [0.3, 0.4) is 0 Å². The van der Waals surface area contributed by atoms with Crippen molar-refractivity contribution in [3.63, 3.8) is 0 Å². The summed E-state index contributed by atoms with van der Waals surface area (Å²) in [6.07, 6.45) is 5.15. The van der Waals surface area contributed by atoms with Gasteiger partial charge in [0.2, 0.25) is 0 Å². The largest absolute Gasteiger partial charge is 0.507 e. The van der Waals surface area contributed by atoms with E-state index >= 15 is 0 Å². The van der Waals surface area contributed by atoms with Crippen molar-refractivity contribution < 1.29 is 29.3 Å². The number of aryl methyl sites for hydroxylation is 2. The predicted molar refractivity (Wildman–Crippen MR) is 170 cm³/mol. The van der Waals surface area contributed by atoms with Crippen molar-refractivity contribution in [2.24, 2.45) is 0 Å². The SMILES string of the molecule is Cc1c(CCC(=O)OCCCCCCOC(=O)CCc2cc(C(C)(C)C)c(O)c(C)c2C)cc(C(C)(C)C)c(O)c1C. The van der Waals surface area contributed by atoms with E-state index in [0.29, 0.717) is 50.4 Å². The van der Waals surface area contributed by atoms with Crippen LogP contribution in [0.15, 0.2) is 12.1 Å². The summed E-state index contributed by atoms with van der Waals surface area (Å²) in [5.74, 6) is 0.269. The highest BCUT2D eigenvalue weighted by Gasteiger charge is 2.23. The number of phenolic OH excluding ortho intramolecular Hbond substituents is 2. The van der Waals surface area contributed by atoms with Gasteiger partial charge in [0.15, 0.2) is 0 Å². The third kappa shape index (κ3) is 9.78. The van der Waals surface area contributed by atoms with E-state index < -0.39 is 0 Å². The molecule has 6 nitrogen and oxygen atoms in total. The molecule has 0 spiro atoms. The Bertz CT molecular complexity index is 1150. The van der Waals surface area contributed by atoms with Gasteiger partial charge < -0.3 is 19.7 Å². The maximum Gasteiger partial charge on any atom is 0.306 e. The van der Waals surface area contributed by atoms with Crippen LogP contribution in [0, 0.1) is 27.7 Å². The number of aromatic hydroxyl groups is 2. The molecule has 0 atom stereocenters. The van der Waals surface area contributed by atoms with Gasteiger partial charge in [-0.1, -0.05) is 53.7 Å². The first-order valence-electron chi connectivity index (χ1n) is 15.4. The molecule has 2 rings (SSSR count). The summed E-state index contributed by atoms with van der Waals surface area (Å²) in [7, 11) is 0. The van der Waals surface area contributed by atoms with Gasteiger partial charge in [-0.2, -0.15) is 0 Å². The van der Waals surface area contributed by atoms with Crippen LogP contribution in [-0.2, 0) is 42.7 Å². The summed E-state index contributed by atoms with van der Waals surface area (Å²) in [4.78, 5) is 24.6. The molecule has 0 aromatic heterocycles. The minimum Gasteiger partial charge on any atom is -0.507 e. The van der Waals surface area contributed by atoms with E-state index in [1.807, 2.05) is 39.8 Å². The van der Waals surface area contributed by atoms with Gasteiger partial charge in [0.05, 0.1) is 13.2 Å². The molecule has 2 aromatic carbocycles. The van der Waals surface area contributed by atoms with Gasteiger partial charge in [-0.25, -0.2) is 0 Å². The second kappa shape index (κ2) is 14.9. The van der Waals surface area contributed by atoms with Crippen molar-refractivity contribution in [2.75, 3.05) is 13.2 Å². The molecule has 2 aromatic rings. The predicted octanol–water partition coefficient (Wildman–Crippen LogP) is 8.14. The lowest BCUT2D eigenvalue weighted by atomic mass is 9.82. The zero-order chi connectivity index (χ0) is 31.8. The van der Waals surface area contributed by atoms with Crippen molar-refractivity contribution in [1.29, 1.82) is 0 Å². The zero-order valence-electron chi connectivity index (χ0n) is 27.8. The number of ether oxygens (including phenoxy) is 2. The zero-order valence-corrected chi connectivity index (χ0v) is 27.8. The smallest absolute Gasteiger partial charge is 0.306 e. The van der Waals surface area contributed by atoms with E-state index in [-0.39, 0.29) is 22.8 Å². The van der Waals surface area contributed by atoms with Gasteiger partial charge in [-0.05, 0) is 122 Å². The Hall–Kier alpha value is -3.02. The lowest BCUT2D eigenvalue weighted by molar-refractivity contribution is -0.145. The monoisotopic (exact) mass is 582 g/mol. The molecule has 0 aliphatic heterocycles. The van der Waals surface area contributed by atoms with Gasteiger partial charge in [0, 0.05) is 12.8 Å². The van der Waals surface area contributed by atoms with Crippen LogP contribution in [0.1, 0.15) is 125 Å². The summed E-state index contributed by atoms with van der Waals surface area (Å²) >= 11 is 0. The maximum absolute atomic E-state index is 12.3. The van der Waals surface area contributed by atoms with Crippen LogP contribution in [0.5, 0.6) is 11.5 Å². The molecular weight excluding hydrogens is 528 g/mol. The normalized spacial score (nSPS) is 12.0. The molecular formula is C36H54O6. The molecule has 2 N–H and O–H groups in total. The number of hydrogen-bond donors (Lipinski definition) is 2. The van der Waals surface area contributed by atoms with Crippen LogP contribution in [0.4, 0.5) is 0 Å². The summed E-state index contributed by atoms with van der Waals surface area (Å²) in [6.45, 7) is 21.0. The van der Waals surface area contributed by atoms with Gasteiger partial charge in [-0.15, -0.1) is 0 Å². The first kappa shape index (κ1) is 35.2. The van der Waals surface area contributed by atoms with Gasteiger partial charge >= 0.3 is 11.9 Å². The number of phenols is 2. The Morgan fingerprint density at radius 2 is 0.929 bits per heavy atom. The van der Waals surface area contributed by atoms with Crippen LogP contribution in [-0.4, -0.2) is 35.4 Å². The topological polar surface area (TPSA) is 93.1 Å². The second-order valence-electron chi connectivity index (χ2n) is 13.7. The number of unbranched alkanes of at least 4 members (excludes halogenated alkanes) is 3. The third-order valence-electron chi connectivity index (χ3n) is 8.32. The fourth-order valence-corrected chi connectivity index (χ4v) is 5.15. The number of rotatable bonds is 13. The highest BCUT2D eigenvalue weighted by Crippen LogP contribution is 2.37. The molecule has 234 valence electrons. The Balaban J connectivity index is 1.65. The summed E-state index contributed by atoms with van der Waals surface area (Å²) < 4.78 is 10.9. The molecule has 0 fully saturated rings. The van der Waals surface area contributed by atoms with Crippen LogP contribution < -0.4 is 0 Å². The van der Waals surface area contributed by atoms with Crippen molar-refractivity contribution in [3.05, 3.63) is 56.6 Å².